The number of aromatic nitrogens is 1. The van der Waals surface area contributed by atoms with Crippen molar-refractivity contribution in [3.63, 3.8) is 0 Å². The smallest absolute Gasteiger partial charge is 0.267 e. The van der Waals surface area contributed by atoms with E-state index in [0.29, 0.717) is 16.9 Å². The minimum atomic E-state index is -0.380. The second-order valence-electron chi connectivity index (χ2n) is 5.85. The van der Waals surface area contributed by atoms with Crippen LogP contribution < -0.4 is 10.1 Å². The Morgan fingerprint density at radius 3 is 2.54 bits per heavy atom. The first-order valence-corrected chi connectivity index (χ1v) is 9.10. The summed E-state index contributed by atoms with van der Waals surface area (Å²) in [6, 6.07) is 17.0. The predicted molar refractivity (Wildman–Crippen MR) is 102 cm³/mol. The maximum absolute atomic E-state index is 12.1. The molecule has 3 rings (SSSR count). The average Bonchev–Trinajstić information content (AvgIpc) is 3.09. The van der Waals surface area contributed by atoms with Gasteiger partial charge in [0.1, 0.15) is 0 Å². The molecule has 0 unspecified atom stereocenters. The Labute approximate surface area is 155 Å². The minimum Gasteiger partial charge on any atom is -0.343 e. The van der Waals surface area contributed by atoms with Gasteiger partial charge in [-0.2, -0.15) is 4.99 Å². The average molecular weight is 365 g/mol. The van der Waals surface area contributed by atoms with Crippen molar-refractivity contribution < 1.29 is 9.59 Å². The molecule has 26 heavy (non-hydrogen) atoms. The molecular formula is C20H19N3O2S. The third-order valence-corrected chi connectivity index (χ3v) is 4.58. The van der Waals surface area contributed by atoms with E-state index in [1.807, 2.05) is 29.1 Å². The lowest BCUT2D eigenvalue weighted by Crippen LogP contribution is -2.30. The van der Waals surface area contributed by atoms with Crippen LogP contribution in [-0.4, -0.2) is 22.9 Å². The molecule has 3 aromatic rings. The summed E-state index contributed by atoms with van der Waals surface area (Å²) in [5, 5.41) is 4.49. The number of rotatable bonds is 5. The van der Waals surface area contributed by atoms with Crippen LogP contribution in [0, 0.1) is 6.92 Å². The van der Waals surface area contributed by atoms with Gasteiger partial charge in [0.15, 0.2) is 4.80 Å². The minimum absolute atomic E-state index is 0.129. The van der Waals surface area contributed by atoms with Crippen LogP contribution in [0.3, 0.4) is 0 Å². The molecule has 0 atom stereocenters. The number of hydrogen-bond donors (Lipinski definition) is 1. The molecule has 1 heterocycles. The van der Waals surface area contributed by atoms with Crippen molar-refractivity contribution in [1.29, 1.82) is 0 Å². The van der Waals surface area contributed by atoms with Gasteiger partial charge in [0.2, 0.25) is 0 Å². The molecule has 0 radical (unpaired) electrons. The monoisotopic (exact) mass is 365 g/mol. The Bertz CT molecular complexity index is 956. The van der Waals surface area contributed by atoms with Gasteiger partial charge >= 0.3 is 0 Å². The topological polar surface area (TPSA) is 63.5 Å². The third-order valence-electron chi connectivity index (χ3n) is 3.79. The number of aryl methyl sites for hydroxylation is 1. The molecule has 1 aromatic heterocycles. The van der Waals surface area contributed by atoms with Crippen molar-refractivity contribution >= 4 is 23.2 Å². The van der Waals surface area contributed by atoms with Crippen molar-refractivity contribution in [2.75, 3.05) is 6.54 Å². The number of hydrogen-bond acceptors (Lipinski definition) is 3. The largest absolute Gasteiger partial charge is 0.343 e. The van der Waals surface area contributed by atoms with Crippen LogP contribution in [0.25, 0.3) is 0 Å². The zero-order valence-corrected chi connectivity index (χ0v) is 15.2. The fraction of sp³-hybridized carbons (Fsp3) is 0.150. The van der Waals surface area contributed by atoms with Gasteiger partial charge in [-0.3, -0.25) is 9.59 Å². The quantitative estimate of drug-likeness (QED) is 0.756. The predicted octanol–water partition coefficient (Wildman–Crippen LogP) is 2.76. The number of nitrogens with zero attached hydrogens (tertiary/aromatic N) is 2. The summed E-state index contributed by atoms with van der Waals surface area (Å²) in [5.74, 6) is -0.665. The molecule has 0 fully saturated rings. The Morgan fingerprint density at radius 1 is 1.08 bits per heavy atom. The van der Waals surface area contributed by atoms with Gasteiger partial charge in [-0.15, -0.1) is 11.3 Å². The summed E-state index contributed by atoms with van der Waals surface area (Å²) in [7, 11) is 0. The molecule has 0 bridgehead atoms. The zero-order valence-electron chi connectivity index (χ0n) is 14.4. The van der Waals surface area contributed by atoms with E-state index in [1.165, 1.54) is 16.9 Å². The van der Waals surface area contributed by atoms with Gasteiger partial charge in [0.25, 0.3) is 11.8 Å². The number of amides is 2. The number of carbonyl (C=O) groups is 2. The summed E-state index contributed by atoms with van der Waals surface area (Å²) in [5.41, 5.74) is 2.87. The third kappa shape index (κ3) is 4.77. The van der Waals surface area contributed by atoms with Crippen LogP contribution in [0.4, 0.5) is 0 Å². The number of benzene rings is 2. The first kappa shape index (κ1) is 17.8. The lowest BCUT2D eigenvalue weighted by atomic mass is 10.1. The van der Waals surface area contributed by atoms with Crippen molar-refractivity contribution in [1.82, 2.24) is 9.88 Å². The second kappa shape index (κ2) is 8.40. The Balaban J connectivity index is 1.64. The molecule has 0 saturated carbocycles. The van der Waals surface area contributed by atoms with Crippen LogP contribution in [0.1, 0.15) is 21.5 Å². The lowest BCUT2D eigenvalue weighted by Gasteiger charge is -2.04. The SMILES string of the molecule is Cc1ccc(Cn2ccsc2=NC(=O)CNC(=O)c2ccccc2)cc1. The molecular weight excluding hydrogens is 346 g/mol. The zero-order chi connectivity index (χ0) is 18.4. The van der Waals surface area contributed by atoms with Crippen molar-refractivity contribution in [2.24, 2.45) is 4.99 Å². The van der Waals surface area contributed by atoms with Gasteiger partial charge in [-0.25, -0.2) is 0 Å². The Morgan fingerprint density at radius 2 is 1.81 bits per heavy atom. The van der Waals surface area contributed by atoms with Gasteiger partial charge in [-0.05, 0) is 24.6 Å². The highest BCUT2D eigenvalue weighted by Crippen LogP contribution is 2.05. The van der Waals surface area contributed by atoms with Crippen LogP contribution in [0.5, 0.6) is 0 Å². The molecule has 5 nitrogen and oxygen atoms in total. The van der Waals surface area contributed by atoms with Gasteiger partial charge < -0.3 is 9.88 Å². The maximum atomic E-state index is 12.1. The standard InChI is InChI=1S/C20H19N3O2S/c1-15-7-9-16(10-8-15)14-23-11-12-26-20(23)22-18(24)13-21-19(25)17-5-3-2-4-6-17/h2-12H,13-14H2,1H3,(H,21,25). The summed E-state index contributed by atoms with van der Waals surface area (Å²) in [6.45, 7) is 2.56. The highest BCUT2D eigenvalue weighted by Gasteiger charge is 2.07. The molecule has 0 saturated heterocycles. The highest BCUT2D eigenvalue weighted by atomic mass is 32.1. The van der Waals surface area contributed by atoms with E-state index in [-0.39, 0.29) is 18.4 Å². The molecule has 0 aliphatic rings. The van der Waals surface area contributed by atoms with Gasteiger partial charge in [-0.1, -0.05) is 48.0 Å². The van der Waals surface area contributed by atoms with Crippen molar-refractivity contribution in [2.45, 2.75) is 13.5 Å². The summed E-state index contributed by atoms with van der Waals surface area (Å²) in [4.78, 5) is 28.8. The van der Waals surface area contributed by atoms with E-state index < -0.39 is 0 Å². The molecule has 2 aromatic carbocycles. The first-order chi connectivity index (χ1) is 12.6. The van der Waals surface area contributed by atoms with Gasteiger partial charge in [0.05, 0.1) is 6.54 Å². The maximum Gasteiger partial charge on any atom is 0.267 e. The fourth-order valence-electron chi connectivity index (χ4n) is 2.39. The summed E-state index contributed by atoms with van der Waals surface area (Å²) >= 11 is 1.39. The normalized spacial score (nSPS) is 11.3. The molecule has 0 aliphatic heterocycles. The van der Waals surface area contributed by atoms with E-state index in [2.05, 4.69) is 34.6 Å². The molecule has 132 valence electrons. The van der Waals surface area contributed by atoms with Gasteiger partial charge in [0, 0.05) is 23.7 Å². The summed E-state index contributed by atoms with van der Waals surface area (Å²) < 4.78 is 1.92. The van der Waals surface area contributed by atoms with Crippen LogP contribution in [0.2, 0.25) is 0 Å². The number of nitrogens with one attached hydrogen (secondary N) is 1. The van der Waals surface area contributed by atoms with E-state index >= 15 is 0 Å². The fourth-order valence-corrected chi connectivity index (χ4v) is 3.14. The molecule has 1 N–H and O–H groups in total. The highest BCUT2D eigenvalue weighted by molar-refractivity contribution is 7.07. The lowest BCUT2D eigenvalue weighted by molar-refractivity contribution is -0.117. The molecule has 0 spiro atoms. The van der Waals surface area contributed by atoms with E-state index in [9.17, 15) is 9.59 Å². The summed E-state index contributed by atoms with van der Waals surface area (Å²) in [6.07, 6.45) is 1.90. The van der Waals surface area contributed by atoms with E-state index in [0.717, 1.165) is 5.56 Å². The molecule has 0 aliphatic carbocycles. The number of thiazole rings is 1. The molecule has 2 amide bonds. The van der Waals surface area contributed by atoms with Crippen molar-refractivity contribution in [3.05, 3.63) is 87.7 Å². The number of carbonyl (C=O) groups excluding carboxylic acids is 2. The second-order valence-corrected chi connectivity index (χ2v) is 6.73. The molecule has 6 heteroatoms. The van der Waals surface area contributed by atoms with Crippen LogP contribution >= 0.6 is 11.3 Å². The van der Waals surface area contributed by atoms with E-state index in [4.69, 9.17) is 0 Å². The Hall–Kier alpha value is -2.99. The van der Waals surface area contributed by atoms with Crippen LogP contribution in [-0.2, 0) is 11.3 Å². The first-order valence-electron chi connectivity index (χ1n) is 8.22. The van der Waals surface area contributed by atoms with E-state index in [1.54, 1.807) is 24.3 Å². The Kier molecular flexibility index (Phi) is 5.76. The van der Waals surface area contributed by atoms with Crippen LogP contribution in [0.15, 0.2) is 71.2 Å². The van der Waals surface area contributed by atoms with Crippen molar-refractivity contribution in [3.8, 4) is 0 Å².